The third kappa shape index (κ3) is 2.12. The van der Waals surface area contributed by atoms with E-state index in [1.165, 1.54) is 6.92 Å². The van der Waals surface area contributed by atoms with Crippen LogP contribution in [0.2, 0.25) is 0 Å². The van der Waals surface area contributed by atoms with Crippen LogP contribution in [0.5, 0.6) is 0 Å². The van der Waals surface area contributed by atoms with Crippen molar-refractivity contribution in [1.29, 1.82) is 0 Å². The van der Waals surface area contributed by atoms with E-state index in [4.69, 9.17) is 5.11 Å². The molecule has 0 aliphatic carbocycles. The lowest BCUT2D eigenvalue weighted by Crippen LogP contribution is -2.11. The number of nitrogens with zero attached hydrogens (tertiary/aromatic N) is 3. The van der Waals surface area contributed by atoms with Crippen LogP contribution in [0.25, 0.3) is 0 Å². The van der Waals surface area contributed by atoms with Crippen LogP contribution in [-0.4, -0.2) is 25.8 Å². The van der Waals surface area contributed by atoms with E-state index in [0.717, 1.165) is 0 Å². The number of aliphatic carboxylic acids is 1. The summed E-state index contributed by atoms with van der Waals surface area (Å²) < 4.78 is 25.5. The lowest BCUT2D eigenvalue weighted by molar-refractivity contribution is -0.386. The molecule has 0 saturated heterocycles. The lowest BCUT2D eigenvalue weighted by atomic mass is 10.3. The van der Waals surface area contributed by atoms with Gasteiger partial charge in [0, 0.05) is 0 Å². The number of alkyl halides is 2. The highest BCUT2D eigenvalue weighted by Gasteiger charge is 2.31. The molecular formula is C7H7F2N3O4. The van der Waals surface area contributed by atoms with Gasteiger partial charge in [0.15, 0.2) is 0 Å². The van der Waals surface area contributed by atoms with Crippen molar-refractivity contribution in [3.05, 3.63) is 21.5 Å². The van der Waals surface area contributed by atoms with Gasteiger partial charge < -0.3 is 5.11 Å². The fourth-order valence-corrected chi connectivity index (χ4v) is 1.21. The van der Waals surface area contributed by atoms with Crippen LogP contribution < -0.4 is 0 Å². The summed E-state index contributed by atoms with van der Waals surface area (Å²) in [5.74, 6) is -1.32. The smallest absolute Gasteiger partial charge is 0.325 e. The van der Waals surface area contributed by atoms with Crippen molar-refractivity contribution in [2.45, 2.75) is 19.9 Å². The van der Waals surface area contributed by atoms with Crippen molar-refractivity contribution in [2.75, 3.05) is 0 Å². The minimum atomic E-state index is -3.12. The van der Waals surface area contributed by atoms with Crippen LogP contribution in [0, 0.1) is 17.0 Å². The maximum Gasteiger partial charge on any atom is 0.325 e. The predicted octanol–water partition coefficient (Wildman–Crippen LogP) is 1.12. The first kappa shape index (κ1) is 12.0. The highest BCUT2D eigenvalue weighted by Crippen LogP contribution is 2.30. The molecule has 0 fully saturated rings. The fourth-order valence-electron chi connectivity index (χ4n) is 1.21. The number of rotatable bonds is 4. The summed E-state index contributed by atoms with van der Waals surface area (Å²) in [5, 5.41) is 22.2. The standard InChI is InChI=1S/C7H7F2N3O4/c1-3-6(12(15)16)5(7(8)9)10-11(3)2-4(13)14/h7H,2H2,1H3,(H,13,14). The van der Waals surface area contributed by atoms with Crippen LogP contribution >= 0.6 is 0 Å². The Morgan fingerprint density at radius 2 is 2.25 bits per heavy atom. The second kappa shape index (κ2) is 4.21. The summed E-state index contributed by atoms with van der Waals surface area (Å²) in [6, 6.07) is 0. The molecule has 0 bridgehead atoms. The Morgan fingerprint density at radius 1 is 1.69 bits per heavy atom. The van der Waals surface area contributed by atoms with E-state index in [1.54, 1.807) is 0 Å². The quantitative estimate of drug-likeness (QED) is 0.622. The summed E-state index contributed by atoms with van der Waals surface area (Å²) in [6.45, 7) is 0.472. The first-order valence-electron chi connectivity index (χ1n) is 4.06. The molecule has 9 heteroatoms. The average Bonchev–Trinajstić information content (AvgIpc) is 2.43. The molecule has 0 saturated carbocycles. The first-order valence-corrected chi connectivity index (χ1v) is 4.06. The van der Waals surface area contributed by atoms with Crippen molar-refractivity contribution in [2.24, 2.45) is 0 Å². The molecule has 16 heavy (non-hydrogen) atoms. The molecule has 1 rings (SSSR count). The van der Waals surface area contributed by atoms with E-state index in [1.807, 2.05) is 0 Å². The highest BCUT2D eigenvalue weighted by molar-refractivity contribution is 5.66. The molecule has 0 unspecified atom stereocenters. The van der Waals surface area contributed by atoms with Crippen LogP contribution in [-0.2, 0) is 11.3 Å². The van der Waals surface area contributed by atoms with Gasteiger partial charge in [-0.05, 0) is 6.92 Å². The van der Waals surface area contributed by atoms with Gasteiger partial charge in [-0.25, -0.2) is 8.78 Å². The monoisotopic (exact) mass is 235 g/mol. The molecule has 1 heterocycles. The van der Waals surface area contributed by atoms with Gasteiger partial charge in [-0.3, -0.25) is 19.6 Å². The number of hydrogen-bond donors (Lipinski definition) is 1. The van der Waals surface area contributed by atoms with Gasteiger partial charge in [-0.15, -0.1) is 0 Å². The van der Waals surface area contributed by atoms with E-state index >= 15 is 0 Å². The van der Waals surface area contributed by atoms with Crippen LogP contribution in [0.3, 0.4) is 0 Å². The van der Waals surface area contributed by atoms with Crippen molar-refractivity contribution in [1.82, 2.24) is 9.78 Å². The van der Waals surface area contributed by atoms with Gasteiger partial charge in [0.25, 0.3) is 6.43 Å². The topological polar surface area (TPSA) is 98.3 Å². The van der Waals surface area contributed by atoms with Crippen molar-refractivity contribution >= 4 is 11.7 Å². The zero-order chi connectivity index (χ0) is 12.5. The summed E-state index contributed by atoms with van der Waals surface area (Å²) in [6.07, 6.45) is -3.12. The number of carbonyl (C=O) groups is 1. The lowest BCUT2D eigenvalue weighted by Gasteiger charge is -1.97. The van der Waals surface area contributed by atoms with E-state index in [2.05, 4.69) is 5.10 Å². The number of carboxylic acid groups (broad SMARTS) is 1. The SMILES string of the molecule is Cc1c([N+](=O)[O-])c(C(F)F)nn1CC(=O)O. The molecule has 0 aromatic carbocycles. The predicted molar refractivity (Wildman–Crippen MR) is 46.2 cm³/mol. The van der Waals surface area contributed by atoms with Gasteiger partial charge in [0.2, 0.25) is 5.69 Å². The fraction of sp³-hybridized carbons (Fsp3) is 0.429. The maximum atomic E-state index is 12.4. The molecule has 0 atom stereocenters. The molecule has 0 aliphatic rings. The summed E-state index contributed by atoms with van der Waals surface area (Å²) in [4.78, 5) is 19.9. The Hall–Kier alpha value is -2.06. The third-order valence-electron chi connectivity index (χ3n) is 1.88. The number of carboxylic acids is 1. The normalized spacial score (nSPS) is 10.8. The Morgan fingerprint density at radius 3 is 2.56 bits per heavy atom. The molecule has 0 radical (unpaired) electrons. The molecule has 1 aromatic heterocycles. The van der Waals surface area contributed by atoms with E-state index < -0.39 is 35.2 Å². The number of nitro groups is 1. The van der Waals surface area contributed by atoms with E-state index in [-0.39, 0.29) is 5.69 Å². The zero-order valence-electron chi connectivity index (χ0n) is 8.05. The zero-order valence-corrected chi connectivity index (χ0v) is 8.05. The highest BCUT2D eigenvalue weighted by atomic mass is 19.3. The van der Waals surface area contributed by atoms with Crippen molar-refractivity contribution < 1.29 is 23.6 Å². The van der Waals surface area contributed by atoms with Crippen molar-refractivity contribution in [3.63, 3.8) is 0 Å². The number of hydrogen-bond acceptors (Lipinski definition) is 4. The molecule has 0 aliphatic heterocycles. The number of halogens is 2. The Kier molecular flexibility index (Phi) is 3.16. The van der Waals surface area contributed by atoms with Gasteiger partial charge >= 0.3 is 11.7 Å². The van der Waals surface area contributed by atoms with E-state index in [0.29, 0.717) is 4.68 Å². The Bertz CT molecular complexity index is 443. The number of aromatic nitrogens is 2. The molecule has 0 amide bonds. The van der Waals surface area contributed by atoms with Crippen molar-refractivity contribution in [3.8, 4) is 0 Å². The second-order valence-electron chi connectivity index (χ2n) is 2.93. The van der Waals surface area contributed by atoms with E-state index in [9.17, 15) is 23.7 Å². The summed E-state index contributed by atoms with van der Waals surface area (Å²) >= 11 is 0. The largest absolute Gasteiger partial charge is 0.480 e. The van der Waals surface area contributed by atoms with Gasteiger partial charge in [0.05, 0.1) is 4.92 Å². The summed E-state index contributed by atoms with van der Waals surface area (Å²) in [7, 11) is 0. The molecule has 7 nitrogen and oxygen atoms in total. The molecule has 0 spiro atoms. The Balaban J connectivity index is 3.29. The second-order valence-corrected chi connectivity index (χ2v) is 2.93. The van der Waals surface area contributed by atoms with Crippen LogP contribution in [0.15, 0.2) is 0 Å². The van der Waals surface area contributed by atoms with Gasteiger partial charge in [-0.1, -0.05) is 0 Å². The van der Waals surface area contributed by atoms with Gasteiger partial charge in [0.1, 0.15) is 12.2 Å². The third-order valence-corrected chi connectivity index (χ3v) is 1.88. The minimum Gasteiger partial charge on any atom is -0.480 e. The average molecular weight is 235 g/mol. The molecule has 88 valence electrons. The molecule has 1 aromatic rings. The summed E-state index contributed by atoms with van der Waals surface area (Å²) in [5.41, 5.74) is -2.05. The molecule has 1 N–H and O–H groups in total. The minimum absolute atomic E-state index is 0.206. The van der Waals surface area contributed by atoms with Crippen LogP contribution in [0.4, 0.5) is 14.5 Å². The Labute approximate surface area is 87.4 Å². The maximum absolute atomic E-state index is 12.4. The molecular weight excluding hydrogens is 228 g/mol. The first-order chi connectivity index (χ1) is 7.34. The van der Waals surface area contributed by atoms with Crippen LogP contribution in [0.1, 0.15) is 17.8 Å². The van der Waals surface area contributed by atoms with Gasteiger partial charge in [-0.2, -0.15) is 5.10 Å².